The molecule has 0 radical (unpaired) electrons. The van der Waals surface area contributed by atoms with Crippen LogP contribution in [0, 0.1) is 5.82 Å². The van der Waals surface area contributed by atoms with Gasteiger partial charge in [0.1, 0.15) is 5.82 Å². The van der Waals surface area contributed by atoms with Gasteiger partial charge in [0, 0.05) is 23.9 Å². The third kappa shape index (κ3) is 3.93. The van der Waals surface area contributed by atoms with Gasteiger partial charge in [-0.1, -0.05) is 12.1 Å². The summed E-state index contributed by atoms with van der Waals surface area (Å²) in [4.78, 5) is 15.1. The Labute approximate surface area is 147 Å². The van der Waals surface area contributed by atoms with Crippen molar-refractivity contribution in [3.05, 3.63) is 56.4 Å². The van der Waals surface area contributed by atoms with Crippen LogP contribution < -0.4 is 5.32 Å². The van der Waals surface area contributed by atoms with Crippen molar-refractivity contribution in [2.24, 2.45) is 0 Å². The number of nitrogens with zero attached hydrogens (tertiary/aromatic N) is 1. The van der Waals surface area contributed by atoms with Gasteiger partial charge in [0.25, 0.3) is 0 Å². The Hall–Kier alpha value is -1.40. The second kappa shape index (κ2) is 6.61. The van der Waals surface area contributed by atoms with E-state index in [1.165, 1.54) is 12.1 Å². The summed E-state index contributed by atoms with van der Waals surface area (Å²) in [5.41, 5.74) is 1.08. The van der Waals surface area contributed by atoms with E-state index in [9.17, 15) is 9.18 Å². The average Bonchev–Trinajstić information content (AvgIpc) is 3.22. The van der Waals surface area contributed by atoms with E-state index in [4.69, 9.17) is 0 Å². The van der Waals surface area contributed by atoms with E-state index in [0.29, 0.717) is 13.1 Å². The van der Waals surface area contributed by atoms with Gasteiger partial charge in [-0.05, 0) is 58.6 Å². The van der Waals surface area contributed by atoms with Gasteiger partial charge >= 0.3 is 6.03 Å². The third-order valence-electron chi connectivity index (χ3n) is 4.26. The quantitative estimate of drug-likeness (QED) is 0.791. The van der Waals surface area contributed by atoms with Crippen LogP contribution in [-0.2, 0) is 12.0 Å². The molecule has 6 heteroatoms. The number of urea groups is 1. The zero-order valence-corrected chi connectivity index (χ0v) is 15.2. The molecule has 3 nitrogen and oxygen atoms in total. The molecule has 1 aromatic heterocycles. The lowest BCUT2D eigenvalue weighted by atomic mass is 9.96. The number of thiophene rings is 1. The van der Waals surface area contributed by atoms with Crippen LogP contribution in [0.5, 0.6) is 0 Å². The molecule has 1 fully saturated rings. The highest BCUT2D eigenvalue weighted by molar-refractivity contribution is 9.11. The number of carbonyl (C=O) groups excluding carboxylic acids is 1. The van der Waals surface area contributed by atoms with E-state index in [1.807, 2.05) is 24.3 Å². The summed E-state index contributed by atoms with van der Waals surface area (Å²) in [6.07, 6.45) is 2.06. The highest BCUT2D eigenvalue weighted by Crippen LogP contribution is 2.47. The first-order valence-electron chi connectivity index (χ1n) is 7.48. The summed E-state index contributed by atoms with van der Waals surface area (Å²) >= 11 is 5.06. The summed E-state index contributed by atoms with van der Waals surface area (Å²) in [5, 5.41) is 3.01. The topological polar surface area (TPSA) is 32.3 Å². The van der Waals surface area contributed by atoms with Gasteiger partial charge in [0.2, 0.25) is 0 Å². The van der Waals surface area contributed by atoms with E-state index in [0.717, 1.165) is 27.1 Å². The summed E-state index contributed by atoms with van der Waals surface area (Å²) in [5.74, 6) is -0.226. The van der Waals surface area contributed by atoms with Crippen molar-refractivity contribution >= 4 is 33.3 Å². The zero-order chi connectivity index (χ0) is 16.4. The molecule has 122 valence electrons. The number of benzene rings is 1. The van der Waals surface area contributed by atoms with E-state index in [1.54, 1.807) is 23.3 Å². The minimum atomic E-state index is -0.226. The Morgan fingerprint density at radius 2 is 2.00 bits per heavy atom. The Morgan fingerprint density at radius 1 is 1.30 bits per heavy atom. The third-order valence-corrected chi connectivity index (χ3v) is 5.87. The maximum atomic E-state index is 13.0. The van der Waals surface area contributed by atoms with E-state index in [-0.39, 0.29) is 17.3 Å². The van der Waals surface area contributed by atoms with Crippen molar-refractivity contribution in [1.29, 1.82) is 0 Å². The van der Waals surface area contributed by atoms with Gasteiger partial charge in [-0.2, -0.15) is 0 Å². The Kier molecular flexibility index (Phi) is 4.73. The molecule has 2 amide bonds. The van der Waals surface area contributed by atoms with Crippen molar-refractivity contribution < 1.29 is 9.18 Å². The van der Waals surface area contributed by atoms with Gasteiger partial charge in [-0.3, -0.25) is 0 Å². The highest BCUT2D eigenvalue weighted by Gasteiger charge is 2.44. The van der Waals surface area contributed by atoms with Crippen molar-refractivity contribution in [1.82, 2.24) is 10.2 Å². The maximum Gasteiger partial charge on any atom is 0.317 e. The molecule has 2 aromatic rings. The van der Waals surface area contributed by atoms with E-state index >= 15 is 0 Å². The van der Waals surface area contributed by atoms with Crippen molar-refractivity contribution in [2.75, 3.05) is 13.6 Å². The van der Waals surface area contributed by atoms with Crippen molar-refractivity contribution in [3.63, 3.8) is 0 Å². The molecule has 1 aromatic carbocycles. The number of hydrogen-bond donors (Lipinski definition) is 1. The van der Waals surface area contributed by atoms with Gasteiger partial charge in [0.15, 0.2) is 0 Å². The van der Waals surface area contributed by atoms with Crippen LogP contribution in [0.3, 0.4) is 0 Å². The molecule has 0 atom stereocenters. The molecule has 1 saturated carbocycles. The molecule has 1 aliphatic rings. The molecule has 0 saturated heterocycles. The summed E-state index contributed by atoms with van der Waals surface area (Å²) < 4.78 is 14.1. The largest absolute Gasteiger partial charge is 0.337 e. The minimum absolute atomic E-state index is 0.0177. The number of carbonyl (C=O) groups is 1. The number of rotatable bonds is 5. The highest BCUT2D eigenvalue weighted by atomic mass is 79.9. The van der Waals surface area contributed by atoms with Gasteiger partial charge in [-0.15, -0.1) is 11.3 Å². The van der Waals surface area contributed by atoms with Crippen LogP contribution in [0.1, 0.15) is 23.3 Å². The lowest BCUT2D eigenvalue weighted by Gasteiger charge is -2.21. The molecule has 1 N–H and O–H groups in total. The van der Waals surface area contributed by atoms with Crippen molar-refractivity contribution in [2.45, 2.75) is 24.8 Å². The summed E-state index contributed by atoms with van der Waals surface area (Å²) in [6.45, 7) is 1.18. The SMILES string of the molecule is CN(Cc1ccc(Br)s1)C(=O)NCC1(c2ccc(F)cc2)CC1. The van der Waals surface area contributed by atoms with Crippen LogP contribution in [0.25, 0.3) is 0 Å². The smallest absolute Gasteiger partial charge is 0.317 e. The fraction of sp³-hybridized carbons (Fsp3) is 0.353. The number of hydrogen-bond acceptors (Lipinski definition) is 2. The van der Waals surface area contributed by atoms with Crippen LogP contribution in [-0.4, -0.2) is 24.5 Å². The molecule has 0 aliphatic heterocycles. The summed E-state index contributed by atoms with van der Waals surface area (Å²) in [7, 11) is 1.79. The molecule has 3 rings (SSSR count). The normalized spacial score (nSPS) is 15.3. The van der Waals surface area contributed by atoms with Gasteiger partial charge in [0.05, 0.1) is 10.3 Å². The Balaban J connectivity index is 1.55. The predicted octanol–water partition coefficient (Wildman–Crippen LogP) is 4.52. The monoisotopic (exact) mass is 396 g/mol. The minimum Gasteiger partial charge on any atom is -0.337 e. The fourth-order valence-electron chi connectivity index (χ4n) is 2.64. The van der Waals surface area contributed by atoms with E-state index in [2.05, 4.69) is 21.2 Å². The number of nitrogens with one attached hydrogen (secondary N) is 1. The predicted molar refractivity (Wildman–Crippen MR) is 94.2 cm³/mol. The summed E-state index contributed by atoms with van der Waals surface area (Å²) in [6, 6.07) is 10.5. The Bertz CT molecular complexity index is 697. The molecular formula is C17H18BrFN2OS. The maximum absolute atomic E-state index is 13.0. The van der Waals surface area contributed by atoms with Gasteiger partial charge < -0.3 is 10.2 Å². The first-order valence-corrected chi connectivity index (χ1v) is 9.09. The van der Waals surface area contributed by atoms with Crippen LogP contribution in [0.15, 0.2) is 40.2 Å². The number of amides is 2. The molecule has 23 heavy (non-hydrogen) atoms. The van der Waals surface area contributed by atoms with Crippen molar-refractivity contribution in [3.8, 4) is 0 Å². The lowest BCUT2D eigenvalue weighted by molar-refractivity contribution is 0.206. The van der Waals surface area contributed by atoms with Crippen LogP contribution in [0.4, 0.5) is 9.18 Å². The molecular weight excluding hydrogens is 379 g/mol. The molecule has 0 unspecified atom stereocenters. The number of halogens is 2. The lowest BCUT2D eigenvalue weighted by Crippen LogP contribution is -2.40. The van der Waals surface area contributed by atoms with Crippen LogP contribution >= 0.6 is 27.3 Å². The molecule has 1 aliphatic carbocycles. The fourth-order valence-corrected chi connectivity index (χ4v) is 4.18. The standard InChI is InChI=1S/C17H18BrFN2OS/c1-21(10-14-6-7-15(18)23-14)16(22)20-11-17(8-9-17)12-2-4-13(19)5-3-12/h2-7H,8-11H2,1H3,(H,20,22). The molecule has 0 spiro atoms. The second-order valence-corrected chi connectivity index (χ2v) is 8.56. The second-order valence-electron chi connectivity index (χ2n) is 6.01. The average molecular weight is 397 g/mol. The van der Waals surface area contributed by atoms with Gasteiger partial charge in [-0.25, -0.2) is 9.18 Å². The van der Waals surface area contributed by atoms with E-state index < -0.39 is 0 Å². The molecule has 0 bridgehead atoms. The molecule has 1 heterocycles. The zero-order valence-electron chi connectivity index (χ0n) is 12.8. The van der Waals surface area contributed by atoms with Crippen LogP contribution in [0.2, 0.25) is 0 Å². The Morgan fingerprint density at radius 3 is 2.57 bits per heavy atom. The first kappa shape index (κ1) is 16.5. The first-order chi connectivity index (χ1) is 11.0.